The molecule has 0 saturated carbocycles. The van der Waals surface area contributed by atoms with Crippen molar-refractivity contribution in [1.82, 2.24) is 4.90 Å². The van der Waals surface area contributed by atoms with Gasteiger partial charge in [0.2, 0.25) is 5.91 Å². The van der Waals surface area contributed by atoms with Crippen molar-refractivity contribution in [3.63, 3.8) is 0 Å². The lowest BCUT2D eigenvalue weighted by atomic mass is 9.98. The van der Waals surface area contributed by atoms with Gasteiger partial charge in [0.15, 0.2) is 6.04 Å². The van der Waals surface area contributed by atoms with Gasteiger partial charge in [0.25, 0.3) is 5.91 Å². The molecule has 2 amide bonds. The van der Waals surface area contributed by atoms with Crippen LogP contribution in [0.5, 0.6) is 0 Å². The molecule has 2 atom stereocenters. The minimum atomic E-state index is -0.180. The van der Waals surface area contributed by atoms with E-state index < -0.39 is 0 Å². The molecule has 0 spiro atoms. The highest BCUT2D eigenvalue weighted by Crippen LogP contribution is 2.18. The van der Waals surface area contributed by atoms with Crippen LogP contribution in [0.25, 0.3) is 5.57 Å². The SMILES string of the molecule is CN1C(=O)CC([NH+]2CC=C(c3ccccc3)CC2)C1=O. The Morgan fingerprint density at radius 3 is 2.50 bits per heavy atom. The molecule has 2 heterocycles. The Labute approximate surface area is 118 Å². The van der Waals surface area contributed by atoms with Gasteiger partial charge in [-0.3, -0.25) is 14.5 Å². The van der Waals surface area contributed by atoms with E-state index in [0.29, 0.717) is 6.42 Å². The minimum absolute atomic E-state index is 0.0263. The molecule has 2 aliphatic heterocycles. The summed E-state index contributed by atoms with van der Waals surface area (Å²) in [7, 11) is 1.58. The summed E-state index contributed by atoms with van der Waals surface area (Å²) in [6.07, 6.45) is 3.53. The van der Waals surface area contributed by atoms with Crippen LogP contribution in [0.4, 0.5) is 0 Å². The number of quaternary nitrogens is 1. The topological polar surface area (TPSA) is 41.8 Å². The number of carbonyl (C=O) groups excluding carboxylic acids is 2. The molecule has 4 heteroatoms. The van der Waals surface area contributed by atoms with Crippen LogP contribution in [0.1, 0.15) is 18.4 Å². The smallest absolute Gasteiger partial charge is 0.287 e. The van der Waals surface area contributed by atoms with Gasteiger partial charge >= 0.3 is 0 Å². The van der Waals surface area contributed by atoms with E-state index in [2.05, 4.69) is 18.2 Å². The van der Waals surface area contributed by atoms with Crippen molar-refractivity contribution >= 4 is 17.4 Å². The van der Waals surface area contributed by atoms with Crippen molar-refractivity contribution in [1.29, 1.82) is 0 Å². The number of likely N-dealkylation sites (N-methyl/N-ethyl adjacent to an activating group) is 1. The van der Waals surface area contributed by atoms with Crippen LogP contribution in [-0.2, 0) is 9.59 Å². The Morgan fingerprint density at radius 1 is 1.20 bits per heavy atom. The van der Waals surface area contributed by atoms with E-state index >= 15 is 0 Å². The Morgan fingerprint density at radius 2 is 1.95 bits per heavy atom. The average Bonchev–Trinajstić information content (AvgIpc) is 2.76. The number of benzene rings is 1. The van der Waals surface area contributed by atoms with Crippen molar-refractivity contribution in [3.8, 4) is 0 Å². The first-order valence-corrected chi connectivity index (χ1v) is 7.06. The predicted octanol–water partition coefficient (Wildman–Crippen LogP) is 0.116. The molecule has 0 aliphatic carbocycles. The summed E-state index contributed by atoms with van der Waals surface area (Å²) in [4.78, 5) is 26.1. The van der Waals surface area contributed by atoms with Crippen molar-refractivity contribution in [2.75, 3.05) is 20.1 Å². The van der Waals surface area contributed by atoms with E-state index in [-0.39, 0.29) is 17.9 Å². The van der Waals surface area contributed by atoms with Gasteiger partial charge in [-0.15, -0.1) is 0 Å². The Hall–Kier alpha value is -1.94. The minimum Gasteiger partial charge on any atom is -0.321 e. The zero-order valence-electron chi connectivity index (χ0n) is 11.6. The van der Waals surface area contributed by atoms with Gasteiger partial charge in [0.1, 0.15) is 0 Å². The fourth-order valence-electron chi connectivity index (χ4n) is 3.06. The number of amides is 2. The molecular weight excluding hydrogens is 252 g/mol. The summed E-state index contributed by atoms with van der Waals surface area (Å²) in [5.41, 5.74) is 2.61. The molecule has 20 heavy (non-hydrogen) atoms. The first kappa shape index (κ1) is 13.1. The van der Waals surface area contributed by atoms with Gasteiger partial charge < -0.3 is 4.90 Å². The van der Waals surface area contributed by atoms with Crippen LogP contribution >= 0.6 is 0 Å². The van der Waals surface area contributed by atoms with Gasteiger partial charge in [0, 0.05) is 13.5 Å². The highest BCUT2D eigenvalue weighted by atomic mass is 16.2. The van der Waals surface area contributed by atoms with E-state index in [0.717, 1.165) is 19.5 Å². The number of carbonyl (C=O) groups is 2. The van der Waals surface area contributed by atoms with Crippen molar-refractivity contribution in [3.05, 3.63) is 42.0 Å². The maximum Gasteiger partial charge on any atom is 0.287 e. The maximum atomic E-state index is 12.0. The van der Waals surface area contributed by atoms with E-state index in [1.165, 1.54) is 20.9 Å². The summed E-state index contributed by atoms with van der Waals surface area (Å²) in [5, 5.41) is 0. The van der Waals surface area contributed by atoms with Crippen molar-refractivity contribution in [2.45, 2.75) is 18.9 Å². The van der Waals surface area contributed by atoms with Crippen LogP contribution in [0.15, 0.2) is 36.4 Å². The lowest BCUT2D eigenvalue weighted by Gasteiger charge is -2.27. The highest BCUT2D eigenvalue weighted by Gasteiger charge is 2.43. The van der Waals surface area contributed by atoms with E-state index in [4.69, 9.17) is 0 Å². The molecular formula is C16H19N2O2+. The molecule has 1 saturated heterocycles. The fraction of sp³-hybridized carbons (Fsp3) is 0.375. The quantitative estimate of drug-likeness (QED) is 0.776. The second-order valence-corrected chi connectivity index (χ2v) is 5.51. The third-order valence-corrected chi connectivity index (χ3v) is 4.35. The Balaban J connectivity index is 1.71. The van der Waals surface area contributed by atoms with Crippen LogP contribution in [0.3, 0.4) is 0 Å². The fourth-order valence-corrected chi connectivity index (χ4v) is 3.06. The standard InChI is InChI=1S/C16H18N2O2/c1-17-15(19)11-14(16(17)20)18-9-7-13(8-10-18)12-5-3-2-4-6-12/h2-7,14H,8-11H2,1H3/p+1. The number of hydrogen-bond donors (Lipinski definition) is 1. The molecule has 1 fully saturated rings. The van der Waals surface area contributed by atoms with E-state index in [9.17, 15) is 9.59 Å². The van der Waals surface area contributed by atoms with E-state index in [1.54, 1.807) is 7.05 Å². The molecule has 104 valence electrons. The summed E-state index contributed by atoms with van der Waals surface area (Å²) >= 11 is 0. The zero-order chi connectivity index (χ0) is 14.1. The van der Waals surface area contributed by atoms with Gasteiger partial charge in [-0.1, -0.05) is 30.3 Å². The monoisotopic (exact) mass is 271 g/mol. The van der Waals surface area contributed by atoms with Gasteiger partial charge in [0.05, 0.1) is 19.5 Å². The second kappa shape index (κ2) is 5.21. The molecule has 2 unspecified atom stereocenters. The number of nitrogens with zero attached hydrogens (tertiary/aromatic N) is 1. The normalized spacial score (nSPS) is 26.9. The number of nitrogens with one attached hydrogen (secondary N) is 1. The van der Waals surface area contributed by atoms with Crippen LogP contribution in [0, 0.1) is 0 Å². The Kier molecular flexibility index (Phi) is 3.40. The summed E-state index contributed by atoms with van der Waals surface area (Å²) in [6, 6.07) is 10.2. The Bertz CT molecular complexity index is 565. The largest absolute Gasteiger partial charge is 0.321 e. The molecule has 0 bridgehead atoms. The van der Waals surface area contributed by atoms with Crippen molar-refractivity contribution < 1.29 is 14.5 Å². The number of hydrogen-bond acceptors (Lipinski definition) is 2. The summed E-state index contributed by atoms with van der Waals surface area (Å²) in [6.45, 7) is 1.74. The number of imide groups is 1. The first-order valence-electron chi connectivity index (χ1n) is 7.06. The van der Waals surface area contributed by atoms with Crippen LogP contribution in [-0.4, -0.2) is 42.9 Å². The summed E-state index contributed by atoms with van der Waals surface area (Å²) < 4.78 is 0. The molecule has 4 nitrogen and oxygen atoms in total. The second-order valence-electron chi connectivity index (χ2n) is 5.51. The lowest BCUT2D eigenvalue weighted by Crippen LogP contribution is -3.17. The summed E-state index contributed by atoms with van der Waals surface area (Å²) in [5.74, 6) is -0.0769. The highest BCUT2D eigenvalue weighted by molar-refractivity contribution is 6.04. The third kappa shape index (κ3) is 2.27. The molecule has 1 N–H and O–H groups in total. The molecule has 0 aromatic heterocycles. The average molecular weight is 271 g/mol. The lowest BCUT2D eigenvalue weighted by molar-refractivity contribution is -0.910. The molecule has 0 radical (unpaired) electrons. The van der Waals surface area contributed by atoms with Gasteiger partial charge in [-0.25, -0.2) is 0 Å². The predicted molar refractivity (Wildman–Crippen MR) is 75.9 cm³/mol. The molecule has 3 rings (SSSR count). The first-order chi connectivity index (χ1) is 9.66. The molecule has 1 aromatic rings. The number of likely N-dealkylation sites (tertiary alicyclic amines) is 1. The van der Waals surface area contributed by atoms with Gasteiger partial charge in [-0.05, 0) is 17.2 Å². The van der Waals surface area contributed by atoms with Crippen molar-refractivity contribution in [2.24, 2.45) is 0 Å². The third-order valence-electron chi connectivity index (χ3n) is 4.35. The van der Waals surface area contributed by atoms with Crippen LogP contribution < -0.4 is 4.90 Å². The maximum absolute atomic E-state index is 12.0. The zero-order valence-corrected chi connectivity index (χ0v) is 11.6. The van der Waals surface area contributed by atoms with E-state index in [1.807, 2.05) is 18.2 Å². The molecule has 1 aromatic carbocycles. The van der Waals surface area contributed by atoms with Gasteiger partial charge in [-0.2, -0.15) is 0 Å². The van der Waals surface area contributed by atoms with Crippen LogP contribution in [0.2, 0.25) is 0 Å². The number of rotatable bonds is 2. The molecule has 2 aliphatic rings.